The van der Waals surface area contributed by atoms with Crippen molar-refractivity contribution in [2.45, 2.75) is 6.54 Å². The third-order valence-corrected chi connectivity index (χ3v) is 2.97. The lowest BCUT2D eigenvalue weighted by Gasteiger charge is -2.21. The summed E-state index contributed by atoms with van der Waals surface area (Å²) >= 11 is 0. The lowest BCUT2D eigenvalue weighted by Crippen LogP contribution is -2.24. The van der Waals surface area contributed by atoms with Gasteiger partial charge in [0.25, 0.3) is 5.91 Å². The van der Waals surface area contributed by atoms with E-state index in [1.54, 1.807) is 12.1 Å². The van der Waals surface area contributed by atoms with Gasteiger partial charge >= 0.3 is 0 Å². The Morgan fingerprint density at radius 1 is 1.43 bits per heavy atom. The Balaban J connectivity index is 1.79. The van der Waals surface area contributed by atoms with Crippen LogP contribution in [0, 0.1) is 0 Å². The van der Waals surface area contributed by atoms with E-state index < -0.39 is 0 Å². The van der Waals surface area contributed by atoms with Gasteiger partial charge in [0.1, 0.15) is 25.4 Å². The van der Waals surface area contributed by atoms with Crippen molar-refractivity contribution in [2.24, 2.45) is 0 Å². The minimum Gasteiger partial charge on any atom is -0.493 e. The zero-order valence-electron chi connectivity index (χ0n) is 11.4. The van der Waals surface area contributed by atoms with Crippen LogP contribution in [0.2, 0.25) is 0 Å². The molecule has 0 saturated heterocycles. The first-order chi connectivity index (χ1) is 10.3. The number of hydrogen-bond acceptors (Lipinski definition) is 6. The summed E-state index contributed by atoms with van der Waals surface area (Å²) in [5.74, 6) is 1.81. The molecule has 0 fully saturated rings. The number of fused-ring (bicyclic) bond motifs is 1. The van der Waals surface area contributed by atoms with Crippen LogP contribution in [-0.2, 0) is 6.54 Å². The summed E-state index contributed by atoms with van der Waals surface area (Å²) in [6.45, 7) is 1.16. The molecule has 3 rings (SSSR count). The molecule has 1 aliphatic heterocycles. The average Bonchev–Trinajstić information content (AvgIpc) is 3.04. The maximum absolute atomic E-state index is 12.2. The van der Waals surface area contributed by atoms with Crippen molar-refractivity contribution in [2.75, 3.05) is 20.3 Å². The van der Waals surface area contributed by atoms with Crippen molar-refractivity contribution in [3.05, 3.63) is 29.8 Å². The van der Waals surface area contributed by atoms with E-state index in [1.807, 2.05) is 0 Å². The number of H-pyrrole nitrogens is 1. The third kappa shape index (κ3) is 2.73. The van der Waals surface area contributed by atoms with Crippen LogP contribution in [-0.4, -0.2) is 41.4 Å². The monoisotopic (exact) mass is 290 g/mol. The van der Waals surface area contributed by atoms with Crippen molar-refractivity contribution in [3.8, 4) is 17.2 Å². The maximum Gasteiger partial charge on any atom is 0.251 e. The molecule has 1 aliphatic rings. The van der Waals surface area contributed by atoms with E-state index >= 15 is 0 Å². The molecule has 2 heterocycles. The SMILES string of the molecule is COc1cc(C(=O)NCc2ncn[nH]2)cc2c1OCCO2. The molecule has 0 saturated carbocycles. The summed E-state index contributed by atoms with van der Waals surface area (Å²) < 4.78 is 16.2. The van der Waals surface area contributed by atoms with Crippen LogP contribution in [0.15, 0.2) is 18.5 Å². The Kier molecular flexibility index (Phi) is 3.59. The predicted molar refractivity (Wildman–Crippen MR) is 71.5 cm³/mol. The van der Waals surface area contributed by atoms with Crippen molar-refractivity contribution in [1.29, 1.82) is 0 Å². The average molecular weight is 290 g/mol. The largest absolute Gasteiger partial charge is 0.493 e. The van der Waals surface area contributed by atoms with E-state index in [2.05, 4.69) is 20.5 Å². The summed E-state index contributed by atoms with van der Waals surface area (Å²) in [4.78, 5) is 16.1. The predicted octanol–water partition coefficient (Wildman–Crippen LogP) is 0.514. The van der Waals surface area contributed by atoms with Crippen molar-refractivity contribution < 1.29 is 19.0 Å². The molecule has 2 aromatic rings. The number of nitrogens with zero attached hydrogens (tertiary/aromatic N) is 2. The fraction of sp³-hybridized carbons (Fsp3) is 0.308. The van der Waals surface area contributed by atoms with Crippen LogP contribution < -0.4 is 19.5 Å². The summed E-state index contributed by atoms with van der Waals surface area (Å²) in [6.07, 6.45) is 1.38. The molecule has 1 amide bonds. The summed E-state index contributed by atoms with van der Waals surface area (Å²) in [6, 6.07) is 3.25. The fourth-order valence-electron chi connectivity index (χ4n) is 1.99. The number of ether oxygens (including phenoxy) is 3. The number of aromatic amines is 1. The number of nitrogens with one attached hydrogen (secondary N) is 2. The van der Waals surface area contributed by atoms with Gasteiger partial charge in [0.05, 0.1) is 13.7 Å². The molecule has 1 aromatic heterocycles. The van der Waals surface area contributed by atoms with Gasteiger partial charge in [-0.15, -0.1) is 0 Å². The van der Waals surface area contributed by atoms with E-state index in [4.69, 9.17) is 14.2 Å². The minimum atomic E-state index is -0.262. The van der Waals surface area contributed by atoms with Crippen LogP contribution in [0.5, 0.6) is 17.2 Å². The highest BCUT2D eigenvalue weighted by atomic mass is 16.6. The molecule has 0 atom stereocenters. The standard InChI is InChI=1S/C13H14N4O4/c1-19-9-4-8(5-10-12(9)21-3-2-20-10)13(18)14-6-11-15-7-16-17-11/h4-5,7H,2-3,6H2,1H3,(H,14,18)(H,15,16,17). The van der Waals surface area contributed by atoms with E-state index in [0.29, 0.717) is 41.9 Å². The molecule has 1 aromatic carbocycles. The first-order valence-electron chi connectivity index (χ1n) is 6.38. The Hall–Kier alpha value is -2.77. The molecule has 0 aliphatic carbocycles. The quantitative estimate of drug-likeness (QED) is 0.851. The van der Waals surface area contributed by atoms with Crippen LogP contribution in [0.25, 0.3) is 0 Å². The van der Waals surface area contributed by atoms with Crippen LogP contribution in [0.1, 0.15) is 16.2 Å². The van der Waals surface area contributed by atoms with E-state index in [1.165, 1.54) is 13.4 Å². The molecule has 0 bridgehead atoms. The molecule has 21 heavy (non-hydrogen) atoms. The highest BCUT2D eigenvalue weighted by molar-refractivity contribution is 5.95. The molecule has 0 spiro atoms. The van der Waals surface area contributed by atoms with Gasteiger partial charge in [-0.25, -0.2) is 4.98 Å². The molecular weight excluding hydrogens is 276 g/mol. The lowest BCUT2D eigenvalue weighted by molar-refractivity contribution is 0.0948. The molecule has 0 unspecified atom stereocenters. The topological polar surface area (TPSA) is 98.4 Å². The summed E-state index contributed by atoms with van der Waals surface area (Å²) in [5.41, 5.74) is 0.426. The number of aromatic nitrogens is 3. The van der Waals surface area contributed by atoms with Crippen molar-refractivity contribution in [3.63, 3.8) is 0 Å². The fourth-order valence-corrected chi connectivity index (χ4v) is 1.99. The Bertz CT molecular complexity index is 625. The second-order valence-electron chi connectivity index (χ2n) is 4.32. The van der Waals surface area contributed by atoms with E-state index in [-0.39, 0.29) is 12.5 Å². The van der Waals surface area contributed by atoms with Crippen LogP contribution >= 0.6 is 0 Å². The third-order valence-electron chi connectivity index (χ3n) is 2.97. The minimum absolute atomic E-state index is 0.260. The molecule has 2 N–H and O–H groups in total. The van der Waals surface area contributed by atoms with Gasteiger partial charge in [-0.3, -0.25) is 9.89 Å². The van der Waals surface area contributed by atoms with Gasteiger partial charge in [0.2, 0.25) is 5.75 Å². The Labute approximate surface area is 120 Å². The number of methoxy groups -OCH3 is 1. The zero-order valence-corrected chi connectivity index (χ0v) is 11.4. The van der Waals surface area contributed by atoms with Crippen LogP contribution in [0.3, 0.4) is 0 Å². The van der Waals surface area contributed by atoms with E-state index in [0.717, 1.165) is 0 Å². The van der Waals surface area contributed by atoms with Gasteiger partial charge in [-0.1, -0.05) is 0 Å². The van der Waals surface area contributed by atoms with Crippen molar-refractivity contribution in [1.82, 2.24) is 20.5 Å². The number of hydrogen-bond donors (Lipinski definition) is 2. The smallest absolute Gasteiger partial charge is 0.251 e. The second kappa shape index (κ2) is 5.70. The van der Waals surface area contributed by atoms with Crippen LogP contribution in [0.4, 0.5) is 0 Å². The first-order valence-corrected chi connectivity index (χ1v) is 6.38. The lowest BCUT2D eigenvalue weighted by atomic mass is 10.1. The number of amides is 1. The first kappa shape index (κ1) is 13.2. The zero-order chi connectivity index (χ0) is 14.7. The molecule has 0 radical (unpaired) electrons. The highest BCUT2D eigenvalue weighted by Gasteiger charge is 2.20. The van der Waals surface area contributed by atoms with Gasteiger partial charge < -0.3 is 19.5 Å². The summed E-state index contributed by atoms with van der Waals surface area (Å²) in [7, 11) is 1.52. The highest BCUT2D eigenvalue weighted by Crippen LogP contribution is 2.40. The molecule has 8 nitrogen and oxygen atoms in total. The van der Waals surface area contributed by atoms with Crippen molar-refractivity contribution >= 4 is 5.91 Å². The number of rotatable bonds is 4. The second-order valence-corrected chi connectivity index (χ2v) is 4.32. The summed E-state index contributed by atoms with van der Waals surface area (Å²) in [5, 5.41) is 9.12. The number of carbonyl (C=O) groups excluding carboxylic acids is 1. The number of benzene rings is 1. The van der Waals surface area contributed by atoms with E-state index in [9.17, 15) is 4.79 Å². The molecule has 110 valence electrons. The van der Waals surface area contributed by atoms with Gasteiger partial charge in [-0.2, -0.15) is 5.10 Å². The van der Waals surface area contributed by atoms with Gasteiger partial charge in [0.15, 0.2) is 11.5 Å². The Morgan fingerprint density at radius 2 is 2.29 bits per heavy atom. The maximum atomic E-state index is 12.2. The van der Waals surface area contributed by atoms with Gasteiger partial charge in [0, 0.05) is 5.56 Å². The molecular formula is C13H14N4O4. The number of carbonyl (C=O) groups is 1. The molecule has 8 heteroatoms. The van der Waals surface area contributed by atoms with Gasteiger partial charge in [-0.05, 0) is 12.1 Å². The Morgan fingerprint density at radius 3 is 3.05 bits per heavy atom. The normalized spacial score (nSPS) is 12.8.